The van der Waals surface area contributed by atoms with E-state index in [1.807, 2.05) is 0 Å². The molecular weight excluding hydrogens is 339 g/mol. The number of amidine groups is 1. The van der Waals surface area contributed by atoms with Gasteiger partial charge >= 0.3 is 0 Å². The van der Waals surface area contributed by atoms with Crippen LogP contribution in [0, 0.1) is 11.2 Å². The van der Waals surface area contributed by atoms with Gasteiger partial charge in [-0.25, -0.2) is 4.39 Å². The summed E-state index contributed by atoms with van der Waals surface area (Å²) in [7, 11) is 1.52. The predicted molar refractivity (Wildman–Crippen MR) is 82.4 cm³/mol. The molecule has 0 amide bonds. The van der Waals surface area contributed by atoms with Crippen molar-refractivity contribution in [1.82, 2.24) is 0 Å². The van der Waals surface area contributed by atoms with Crippen molar-refractivity contribution in [2.45, 2.75) is 6.61 Å². The van der Waals surface area contributed by atoms with E-state index < -0.39 is 0 Å². The van der Waals surface area contributed by atoms with Gasteiger partial charge in [-0.05, 0) is 45.8 Å². The van der Waals surface area contributed by atoms with Gasteiger partial charge < -0.3 is 15.2 Å². The summed E-state index contributed by atoms with van der Waals surface area (Å²) in [6.45, 7) is 0.228. The summed E-state index contributed by atoms with van der Waals surface area (Å²) in [4.78, 5) is 0. The van der Waals surface area contributed by atoms with E-state index >= 15 is 0 Å². The van der Waals surface area contributed by atoms with E-state index in [1.54, 1.807) is 24.3 Å². The molecule has 0 saturated heterocycles. The zero-order valence-electron chi connectivity index (χ0n) is 11.3. The summed E-state index contributed by atoms with van der Waals surface area (Å²) >= 11 is 3.30. The highest BCUT2D eigenvalue weighted by Crippen LogP contribution is 2.27. The van der Waals surface area contributed by atoms with Crippen molar-refractivity contribution in [3.05, 3.63) is 57.8 Å². The molecular formula is C15H14BrFN2O2. The van der Waals surface area contributed by atoms with Crippen LogP contribution in [0.3, 0.4) is 0 Å². The number of ether oxygens (including phenoxy) is 2. The molecule has 0 fully saturated rings. The third-order valence-corrected chi connectivity index (χ3v) is 3.50. The van der Waals surface area contributed by atoms with Gasteiger partial charge in [0.05, 0.1) is 17.1 Å². The average Bonchev–Trinajstić information content (AvgIpc) is 2.47. The van der Waals surface area contributed by atoms with Crippen LogP contribution in [-0.2, 0) is 6.61 Å². The second-order valence-corrected chi connectivity index (χ2v) is 5.17. The van der Waals surface area contributed by atoms with E-state index in [0.717, 1.165) is 5.56 Å². The van der Waals surface area contributed by atoms with Crippen LogP contribution in [0.4, 0.5) is 4.39 Å². The molecule has 6 heteroatoms. The van der Waals surface area contributed by atoms with Gasteiger partial charge in [-0.2, -0.15) is 0 Å². The Balaban J connectivity index is 2.18. The molecule has 0 radical (unpaired) electrons. The van der Waals surface area contributed by atoms with Crippen molar-refractivity contribution in [2.24, 2.45) is 5.73 Å². The summed E-state index contributed by atoms with van der Waals surface area (Å²) in [5.74, 6) is 0.487. The Morgan fingerprint density at radius 1 is 1.24 bits per heavy atom. The van der Waals surface area contributed by atoms with E-state index in [2.05, 4.69) is 15.9 Å². The molecule has 0 saturated carbocycles. The van der Waals surface area contributed by atoms with Crippen LogP contribution < -0.4 is 15.2 Å². The summed E-state index contributed by atoms with van der Waals surface area (Å²) in [5, 5.41) is 7.53. The van der Waals surface area contributed by atoms with Crippen LogP contribution in [0.5, 0.6) is 11.5 Å². The Kier molecular flexibility index (Phi) is 4.80. The minimum absolute atomic E-state index is 0.0827. The summed E-state index contributed by atoms with van der Waals surface area (Å²) in [5.41, 5.74) is 6.82. The SMILES string of the molecule is COc1ccc(COc2cc(F)ccc2Br)cc1C(=N)N. The molecule has 0 aliphatic heterocycles. The second kappa shape index (κ2) is 6.58. The molecule has 4 nitrogen and oxygen atoms in total. The molecule has 0 aromatic heterocycles. The first kappa shape index (κ1) is 15.3. The second-order valence-electron chi connectivity index (χ2n) is 4.31. The Morgan fingerprint density at radius 2 is 2.00 bits per heavy atom. The highest BCUT2D eigenvalue weighted by molar-refractivity contribution is 9.10. The standard InChI is InChI=1S/C15H14BrFN2O2/c1-20-13-5-2-9(6-11(13)15(18)19)8-21-14-7-10(17)3-4-12(14)16/h2-7H,8H2,1H3,(H3,18,19). The molecule has 21 heavy (non-hydrogen) atoms. The van der Waals surface area contributed by atoms with Crippen molar-refractivity contribution in [3.8, 4) is 11.5 Å². The van der Waals surface area contributed by atoms with Crippen LogP contribution in [0.2, 0.25) is 0 Å². The third-order valence-electron chi connectivity index (χ3n) is 2.84. The van der Waals surface area contributed by atoms with Gasteiger partial charge in [0.25, 0.3) is 0 Å². The fourth-order valence-electron chi connectivity index (χ4n) is 1.80. The number of methoxy groups -OCH3 is 1. The molecule has 0 unspecified atom stereocenters. The Labute approximate surface area is 130 Å². The molecule has 2 rings (SSSR count). The molecule has 0 aliphatic carbocycles. The lowest BCUT2D eigenvalue weighted by Crippen LogP contribution is -2.13. The zero-order valence-corrected chi connectivity index (χ0v) is 12.9. The van der Waals surface area contributed by atoms with Crippen molar-refractivity contribution in [1.29, 1.82) is 5.41 Å². The van der Waals surface area contributed by atoms with Gasteiger partial charge in [0, 0.05) is 6.07 Å². The Morgan fingerprint density at radius 3 is 2.67 bits per heavy atom. The van der Waals surface area contributed by atoms with Gasteiger partial charge in [0.15, 0.2) is 0 Å². The van der Waals surface area contributed by atoms with E-state index in [4.69, 9.17) is 20.6 Å². The number of nitrogens with two attached hydrogens (primary N) is 1. The van der Waals surface area contributed by atoms with Gasteiger partial charge in [-0.3, -0.25) is 5.41 Å². The number of halogens is 2. The highest BCUT2D eigenvalue weighted by Gasteiger charge is 2.09. The Bertz CT molecular complexity index is 677. The Hall–Kier alpha value is -2.08. The normalized spacial score (nSPS) is 10.2. The van der Waals surface area contributed by atoms with Crippen LogP contribution in [0.15, 0.2) is 40.9 Å². The van der Waals surface area contributed by atoms with Gasteiger partial charge in [-0.1, -0.05) is 6.07 Å². The van der Waals surface area contributed by atoms with Crippen LogP contribution in [0.25, 0.3) is 0 Å². The maximum Gasteiger partial charge on any atom is 0.136 e. The van der Waals surface area contributed by atoms with E-state index in [0.29, 0.717) is 21.5 Å². The largest absolute Gasteiger partial charge is 0.496 e. The zero-order chi connectivity index (χ0) is 15.4. The molecule has 2 aromatic rings. The highest BCUT2D eigenvalue weighted by atomic mass is 79.9. The molecule has 0 aliphatic rings. The van der Waals surface area contributed by atoms with E-state index in [-0.39, 0.29) is 18.3 Å². The smallest absolute Gasteiger partial charge is 0.136 e. The third kappa shape index (κ3) is 3.72. The summed E-state index contributed by atoms with van der Waals surface area (Å²) in [6.07, 6.45) is 0. The molecule has 110 valence electrons. The molecule has 0 heterocycles. The van der Waals surface area contributed by atoms with Crippen LogP contribution in [0.1, 0.15) is 11.1 Å². The number of nitrogen functional groups attached to an aromatic ring is 1. The number of hydrogen-bond acceptors (Lipinski definition) is 3. The minimum Gasteiger partial charge on any atom is -0.496 e. The minimum atomic E-state index is -0.368. The molecule has 0 atom stereocenters. The van der Waals surface area contributed by atoms with Crippen molar-refractivity contribution in [2.75, 3.05) is 7.11 Å². The van der Waals surface area contributed by atoms with Crippen molar-refractivity contribution in [3.63, 3.8) is 0 Å². The molecule has 0 bridgehead atoms. The first-order chi connectivity index (χ1) is 10.0. The fourth-order valence-corrected chi connectivity index (χ4v) is 2.17. The van der Waals surface area contributed by atoms with E-state index in [1.165, 1.54) is 19.2 Å². The predicted octanol–water partition coefficient (Wildman–Crippen LogP) is 3.46. The molecule has 3 N–H and O–H groups in total. The lowest BCUT2D eigenvalue weighted by atomic mass is 10.1. The topological polar surface area (TPSA) is 68.3 Å². The molecule has 2 aromatic carbocycles. The van der Waals surface area contributed by atoms with Crippen LogP contribution in [-0.4, -0.2) is 12.9 Å². The lowest BCUT2D eigenvalue weighted by Gasteiger charge is -2.11. The maximum atomic E-state index is 13.2. The average molecular weight is 353 g/mol. The quantitative estimate of drug-likeness (QED) is 0.639. The first-order valence-electron chi connectivity index (χ1n) is 6.10. The monoisotopic (exact) mass is 352 g/mol. The first-order valence-corrected chi connectivity index (χ1v) is 6.89. The number of benzene rings is 2. The fraction of sp³-hybridized carbons (Fsp3) is 0.133. The lowest BCUT2D eigenvalue weighted by molar-refractivity contribution is 0.302. The van der Waals surface area contributed by atoms with Crippen LogP contribution >= 0.6 is 15.9 Å². The van der Waals surface area contributed by atoms with E-state index in [9.17, 15) is 4.39 Å². The van der Waals surface area contributed by atoms with Crippen molar-refractivity contribution >= 4 is 21.8 Å². The van der Waals surface area contributed by atoms with Crippen molar-refractivity contribution < 1.29 is 13.9 Å². The summed E-state index contributed by atoms with van der Waals surface area (Å²) < 4.78 is 24.6. The maximum absolute atomic E-state index is 13.2. The number of nitrogens with one attached hydrogen (secondary N) is 1. The number of rotatable bonds is 5. The molecule has 0 spiro atoms. The number of hydrogen-bond donors (Lipinski definition) is 2. The summed E-state index contributed by atoms with van der Waals surface area (Å²) in [6, 6.07) is 9.47. The van der Waals surface area contributed by atoms with Gasteiger partial charge in [0.1, 0.15) is 29.8 Å². The van der Waals surface area contributed by atoms with Gasteiger partial charge in [-0.15, -0.1) is 0 Å². The van der Waals surface area contributed by atoms with Gasteiger partial charge in [0.2, 0.25) is 0 Å².